The lowest BCUT2D eigenvalue weighted by Gasteiger charge is -2.38. The molecule has 3 atom stereocenters. The fourth-order valence-corrected chi connectivity index (χ4v) is 3.59. The minimum absolute atomic E-state index is 0.0399. The van der Waals surface area contributed by atoms with Crippen LogP contribution in [0.25, 0.3) is 0 Å². The second-order valence-electron chi connectivity index (χ2n) is 4.96. The Hall–Kier alpha value is -0.750. The van der Waals surface area contributed by atoms with Gasteiger partial charge in [0.1, 0.15) is 6.04 Å². The molecule has 5 nitrogen and oxygen atoms in total. The summed E-state index contributed by atoms with van der Waals surface area (Å²) in [6, 6.07) is -0.835. The lowest BCUT2D eigenvalue weighted by molar-refractivity contribution is -0.153. The molecular formula is C12H20N2O3S. The molecule has 2 aliphatic rings. The van der Waals surface area contributed by atoms with E-state index in [9.17, 15) is 14.7 Å². The van der Waals surface area contributed by atoms with Crippen LogP contribution in [0.2, 0.25) is 0 Å². The number of thioether (sulfide) groups is 1. The van der Waals surface area contributed by atoms with E-state index in [1.54, 1.807) is 16.7 Å². The molecule has 0 aromatic heterocycles. The van der Waals surface area contributed by atoms with Gasteiger partial charge in [0.15, 0.2) is 0 Å². The van der Waals surface area contributed by atoms with Crippen molar-refractivity contribution >= 4 is 23.6 Å². The average Bonchev–Trinajstić information content (AvgIpc) is 2.91. The Kier molecular flexibility index (Phi) is 4.50. The number of amides is 1. The number of nitrogens with one attached hydrogen (secondary N) is 1. The molecule has 2 heterocycles. The topological polar surface area (TPSA) is 69.6 Å². The molecular weight excluding hydrogens is 252 g/mol. The third-order valence-electron chi connectivity index (χ3n) is 3.87. The summed E-state index contributed by atoms with van der Waals surface area (Å²) < 4.78 is 0. The Morgan fingerprint density at radius 2 is 2.28 bits per heavy atom. The van der Waals surface area contributed by atoms with Crippen LogP contribution in [-0.4, -0.2) is 52.1 Å². The number of hydrogen-bond donors (Lipinski definition) is 2. The quantitative estimate of drug-likeness (QED) is 0.793. The molecule has 2 aliphatic heterocycles. The molecule has 18 heavy (non-hydrogen) atoms. The van der Waals surface area contributed by atoms with Gasteiger partial charge in [-0.05, 0) is 18.8 Å². The molecule has 0 aromatic carbocycles. The van der Waals surface area contributed by atoms with Gasteiger partial charge in [-0.1, -0.05) is 13.3 Å². The van der Waals surface area contributed by atoms with E-state index in [4.69, 9.17) is 0 Å². The Bertz CT molecular complexity index is 331. The van der Waals surface area contributed by atoms with Crippen LogP contribution < -0.4 is 5.32 Å². The predicted molar refractivity (Wildman–Crippen MR) is 70.4 cm³/mol. The van der Waals surface area contributed by atoms with E-state index in [2.05, 4.69) is 12.2 Å². The number of rotatable bonds is 3. The summed E-state index contributed by atoms with van der Waals surface area (Å²) in [7, 11) is 0. The van der Waals surface area contributed by atoms with Crippen molar-refractivity contribution in [3.8, 4) is 0 Å². The molecule has 2 fully saturated rings. The molecule has 0 radical (unpaired) electrons. The maximum absolute atomic E-state index is 12.3. The number of nitrogens with zero attached hydrogens (tertiary/aromatic N) is 1. The summed E-state index contributed by atoms with van der Waals surface area (Å²) >= 11 is 1.68. The Morgan fingerprint density at radius 1 is 1.50 bits per heavy atom. The average molecular weight is 272 g/mol. The highest BCUT2D eigenvalue weighted by Crippen LogP contribution is 2.27. The molecule has 0 spiro atoms. The summed E-state index contributed by atoms with van der Waals surface area (Å²) in [4.78, 5) is 25.2. The second-order valence-corrected chi connectivity index (χ2v) is 5.99. The number of piperidine rings is 1. The van der Waals surface area contributed by atoms with Crippen molar-refractivity contribution in [2.45, 2.75) is 38.3 Å². The Morgan fingerprint density at radius 3 is 2.83 bits per heavy atom. The summed E-state index contributed by atoms with van der Waals surface area (Å²) in [6.45, 7) is 2.66. The molecule has 0 aliphatic carbocycles. The first-order valence-electron chi connectivity index (χ1n) is 6.48. The van der Waals surface area contributed by atoms with E-state index < -0.39 is 12.0 Å². The summed E-state index contributed by atoms with van der Waals surface area (Å²) in [5.41, 5.74) is 0. The third kappa shape index (κ3) is 2.80. The summed E-state index contributed by atoms with van der Waals surface area (Å²) in [6.07, 6.45) is 2.51. The van der Waals surface area contributed by atoms with Crippen molar-refractivity contribution in [3.05, 3.63) is 0 Å². The van der Waals surface area contributed by atoms with Gasteiger partial charge in [0.25, 0.3) is 0 Å². The molecule has 0 saturated carbocycles. The lowest BCUT2D eigenvalue weighted by Crippen LogP contribution is -2.55. The zero-order valence-electron chi connectivity index (χ0n) is 10.6. The van der Waals surface area contributed by atoms with E-state index >= 15 is 0 Å². The lowest BCUT2D eigenvalue weighted by atomic mass is 9.88. The zero-order valence-corrected chi connectivity index (χ0v) is 11.4. The molecule has 6 heteroatoms. The second kappa shape index (κ2) is 5.93. The van der Waals surface area contributed by atoms with E-state index in [0.717, 1.165) is 24.5 Å². The van der Waals surface area contributed by atoms with Gasteiger partial charge < -0.3 is 10.0 Å². The van der Waals surface area contributed by atoms with Gasteiger partial charge in [-0.3, -0.25) is 10.1 Å². The third-order valence-corrected chi connectivity index (χ3v) is 4.81. The number of carboxylic acid groups (broad SMARTS) is 1. The minimum Gasteiger partial charge on any atom is -0.480 e. The van der Waals surface area contributed by atoms with Crippen molar-refractivity contribution in [2.75, 3.05) is 18.2 Å². The molecule has 3 unspecified atom stereocenters. The standard InChI is InChI=1S/C12H20N2O3S/c1-2-8-3-4-14(10(5-8)12(16)17)11(15)9-6-18-7-13-9/h8-10,13H,2-7H2,1H3,(H,16,17). The van der Waals surface area contributed by atoms with Gasteiger partial charge in [-0.15, -0.1) is 11.8 Å². The van der Waals surface area contributed by atoms with Crippen LogP contribution in [0.1, 0.15) is 26.2 Å². The van der Waals surface area contributed by atoms with Crippen molar-refractivity contribution in [3.63, 3.8) is 0 Å². The molecule has 0 bridgehead atoms. The first-order chi connectivity index (χ1) is 8.63. The van der Waals surface area contributed by atoms with Crippen LogP contribution in [0, 0.1) is 5.92 Å². The number of aliphatic carboxylic acids is 1. The van der Waals surface area contributed by atoms with Crippen LogP contribution in [0.5, 0.6) is 0 Å². The van der Waals surface area contributed by atoms with Crippen molar-refractivity contribution in [2.24, 2.45) is 5.92 Å². The van der Waals surface area contributed by atoms with Crippen molar-refractivity contribution < 1.29 is 14.7 Å². The molecule has 2 rings (SSSR count). The van der Waals surface area contributed by atoms with Crippen molar-refractivity contribution in [1.82, 2.24) is 10.2 Å². The summed E-state index contributed by atoms with van der Waals surface area (Å²) in [5.74, 6) is 1.05. The van der Waals surface area contributed by atoms with Crippen LogP contribution in [0.15, 0.2) is 0 Å². The van der Waals surface area contributed by atoms with Crippen LogP contribution >= 0.6 is 11.8 Å². The molecule has 102 valence electrons. The number of carbonyl (C=O) groups is 2. The fourth-order valence-electron chi connectivity index (χ4n) is 2.66. The predicted octanol–water partition coefficient (Wildman–Crippen LogP) is 0.751. The SMILES string of the molecule is CCC1CCN(C(=O)C2CSCN2)C(C(=O)O)C1. The fraction of sp³-hybridized carbons (Fsp3) is 0.833. The number of carboxylic acids is 1. The van der Waals surface area contributed by atoms with Crippen LogP contribution in [0.4, 0.5) is 0 Å². The number of hydrogen-bond acceptors (Lipinski definition) is 4. The van der Waals surface area contributed by atoms with Gasteiger partial charge in [0.2, 0.25) is 5.91 Å². The van der Waals surface area contributed by atoms with Gasteiger partial charge in [-0.2, -0.15) is 0 Å². The molecule has 2 N–H and O–H groups in total. The van der Waals surface area contributed by atoms with Gasteiger partial charge in [0, 0.05) is 18.2 Å². The first kappa shape index (κ1) is 13.7. The van der Waals surface area contributed by atoms with E-state index in [1.165, 1.54) is 0 Å². The van der Waals surface area contributed by atoms with Crippen LogP contribution in [0.3, 0.4) is 0 Å². The maximum atomic E-state index is 12.3. The van der Waals surface area contributed by atoms with Gasteiger partial charge in [0.05, 0.1) is 6.04 Å². The highest BCUT2D eigenvalue weighted by atomic mass is 32.2. The molecule has 2 saturated heterocycles. The number of likely N-dealkylation sites (tertiary alicyclic amines) is 1. The van der Waals surface area contributed by atoms with E-state index in [0.29, 0.717) is 18.9 Å². The Balaban J connectivity index is 2.05. The smallest absolute Gasteiger partial charge is 0.326 e. The minimum atomic E-state index is -0.868. The van der Waals surface area contributed by atoms with Gasteiger partial charge in [-0.25, -0.2) is 4.79 Å². The molecule has 0 aromatic rings. The first-order valence-corrected chi connectivity index (χ1v) is 7.63. The zero-order chi connectivity index (χ0) is 13.1. The summed E-state index contributed by atoms with van der Waals surface area (Å²) in [5, 5.41) is 12.4. The maximum Gasteiger partial charge on any atom is 0.326 e. The van der Waals surface area contributed by atoms with E-state index in [-0.39, 0.29) is 11.9 Å². The largest absolute Gasteiger partial charge is 0.480 e. The van der Waals surface area contributed by atoms with Crippen LogP contribution in [-0.2, 0) is 9.59 Å². The molecule has 1 amide bonds. The van der Waals surface area contributed by atoms with E-state index in [1.807, 2.05) is 0 Å². The highest BCUT2D eigenvalue weighted by molar-refractivity contribution is 7.99. The normalized spacial score (nSPS) is 32.5. The monoisotopic (exact) mass is 272 g/mol. The Labute approximate surface area is 111 Å². The number of carbonyl (C=O) groups excluding carboxylic acids is 1. The van der Waals surface area contributed by atoms with Gasteiger partial charge >= 0.3 is 5.97 Å². The van der Waals surface area contributed by atoms with Crippen molar-refractivity contribution in [1.29, 1.82) is 0 Å². The highest BCUT2D eigenvalue weighted by Gasteiger charge is 2.38.